The number of nitrogens with one attached hydrogen (secondary N) is 2. The number of amides is 1. The molecule has 1 fully saturated rings. The van der Waals surface area contributed by atoms with Crippen LogP contribution in [0.2, 0.25) is 0 Å². The maximum atomic E-state index is 11.8. The first-order valence-corrected chi connectivity index (χ1v) is 6.58. The van der Waals surface area contributed by atoms with Gasteiger partial charge in [0.25, 0.3) is 5.91 Å². The molecule has 0 saturated carbocycles. The van der Waals surface area contributed by atoms with E-state index < -0.39 is 11.7 Å². The second kappa shape index (κ2) is 7.01. The molecule has 1 aliphatic rings. The Bertz CT molecular complexity index is 428. The fourth-order valence-electron chi connectivity index (χ4n) is 2.06. The molecule has 1 saturated heterocycles. The summed E-state index contributed by atoms with van der Waals surface area (Å²) in [7, 11) is 0. The largest absolute Gasteiger partial charge is 0.348 e. The van der Waals surface area contributed by atoms with Gasteiger partial charge in [0.1, 0.15) is 0 Å². The van der Waals surface area contributed by atoms with E-state index in [2.05, 4.69) is 15.5 Å². The van der Waals surface area contributed by atoms with Gasteiger partial charge in [0.2, 0.25) is 5.78 Å². The van der Waals surface area contributed by atoms with Gasteiger partial charge in [0.15, 0.2) is 0 Å². The van der Waals surface area contributed by atoms with Crippen LogP contribution in [0.25, 0.3) is 0 Å². The third-order valence-electron chi connectivity index (χ3n) is 3.17. The zero-order valence-corrected chi connectivity index (χ0v) is 10.9. The quantitative estimate of drug-likeness (QED) is 0.573. The van der Waals surface area contributed by atoms with Gasteiger partial charge in [-0.15, -0.1) is 0 Å². The maximum absolute atomic E-state index is 11.8. The highest BCUT2D eigenvalue weighted by Crippen LogP contribution is 1.99. The average molecular weight is 261 g/mol. The molecule has 0 atom stereocenters. The minimum absolute atomic E-state index is 0.433. The van der Waals surface area contributed by atoms with Crippen LogP contribution in [0.1, 0.15) is 10.4 Å². The summed E-state index contributed by atoms with van der Waals surface area (Å²) in [4.78, 5) is 25.8. The Balaban J connectivity index is 1.73. The van der Waals surface area contributed by atoms with E-state index in [1.165, 1.54) is 0 Å². The Morgan fingerprint density at radius 2 is 1.84 bits per heavy atom. The molecule has 1 aromatic rings. The molecule has 1 heterocycles. The number of piperazine rings is 1. The monoisotopic (exact) mass is 261 g/mol. The molecule has 0 spiro atoms. The van der Waals surface area contributed by atoms with Crippen molar-refractivity contribution in [2.45, 2.75) is 0 Å². The summed E-state index contributed by atoms with van der Waals surface area (Å²) in [6.07, 6.45) is 0. The second-order valence-electron chi connectivity index (χ2n) is 4.54. The van der Waals surface area contributed by atoms with Gasteiger partial charge in [-0.05, 0) is 0 Å². The maximum Gasteiger partial charge on any atom is 0.292 e. The summed E-state index contributed by atoms with van der Waals surface area (Å²) >= 11 is 0. The van der Waals surface area contributed by atoms with Crippen LogP contribution in [0.5, 0.6) is 0 Å². The Kier molecular flexibility index (Phi) is 5.06. The van der Waals surface area contributed by atoms with Crippen LogP contribution in [0.4, 0.5) is 0 Å². The van der Waals surface area contributed by atoms with Crippen LogP contribution < -0.4 is 10.6 Å². The molecule has 5 nitrogen and oxygen atoms in total. The number of nitrogens with zero attached hydrogens (tertiary/aromatic N) is 1. The SMILES string of the molecule is O=C(NCCN1CCNCC1)C(=O)c1ccccc1. The Hall–Kier alpha value is -1.72. The predicted molar refractivity (Wildman–Crippen MR) is 73.1 cm³/mol. The molecule has 0 unspecified atom stereocenters. The van der Waals surface area contributed by atoms with Gasteiger partial charge in [-0.1, -0.05) is 30.3 Å². The standard InChI is InChI=1S/C14H19N3O2/c18-13(12-4-2-1-3-5-12)14(19)16-8-11-17-9-6-15-7-10-17/h1-5,15H,6-11H2,(H,16,19). The lowest BCUT2D eigenvalue weighted by atomic mass is 10.1. The van der Waals surface area contributed by atoms with Gasteiger partial charge in [0.05, 0.1) is 0 Å². The van der Waals surface area contributed by atoms with Crippen molar-refractivity contribution in [3.63, 3.8) is 0 Å². The van der Waals surface area contributed by atoms with Crippen LogP contribution in [-0.4, -0.2) is 55.9 Å². The van der Waals surface area contributed by atoms with Crippen LogP contribution in [0.3, 0.4) is 0 Å². The highest BCUT2D eigenvalue weighted by atomic mass is 16.2. The van der Waals surface area contributed by atoms with E-state index in [4.69, 9.17) is 0 Å². The van der Waals surface area contributed by atoms with Gasteiger partial charge in [0, 0.05) is 44.8 Å². The molecule has 1 amide bonds. The summed E-state index contributed by atoms with van der Waals surface area (Å²) in [5.74, 6) is -0.998. The summed E-state index contributed by atoms with van der Waals surface area (Å²) in [5, 5.41) is 5.95. The van der Waals surface area contributed by atoms with Crippen molar-refractivity contribution in [1.29, 1.82) is 0 Å². The first-order chi connectivity index (χ1) is 9.27. The number of rotatable bonds is 5. The minimum Gasteiger partial charge on any atom is -0.348 e. The Morgan fingerprint density at radius 1 is 1.16 bits per heavy atom. The summed E-state index contributed by atoms with van der Waals surface area (Å²) < 4.78 is 0. The Morgan fingerprint density at radius 3 is 2.53 bits per heavy atom. The van der Waals surface area contributed by atoms with Crippen LogP contribution in [0.15, 0.2) is 30.3 Å². The zero-order valence-electron chi connectivity index (χ0n) is 10.9. The van der Waals surface area contributed by atoms with Gasteiger partial charge in [-0.3, -0.25) is 14.5 Å². The molecule has 5 heteroatoms. The van der Waals surface area contributed by atoms with E-state index >= 15 is 0 Å². The van der Waals surface area contributed by atoms with Gasteiger partial charge >= 0.3 is 0 Å². The van der Waals surface area contributed by atoms with E-state index in [0.29, 0.717) is 12.1 Å². The van der Waals surface area contributed by atoms with E-state index in [9.17, 15) is 9.59 Å². The highest BCUT2D eigenvalue weighted by Gasteiger charge is 2.15. The molecule has 1 aromatic carbocycles. The number of hydrogen-bond acceptors (Lipinski definition) is 4. The summed E-state index contributed by atoms with van der Waals surface area (Å²) in [5.41, 5.74) is 0.433. The van der Waals surface area contributed by atoms with Gasteiger partial charge in [-0.2, -0.15) is 0 Å². The minimum atomic E-state index is -0.527. The van der Waals surface area contributed by atoms with E-state index in [-0.39, 0.29) is 0 Å². The molecule has 2 rings (SSSR count). The third-order valence-corrected chi connectivity index (χ3v) is 3.17. The van der Waals surface area contributed by atoms with Crippen molar-refractivity contribution < 1.29 is 9.59 Å². The van der Waals surface area contributed by atoms with Crippen molar-refractivity contribution in [1.82, 2.24) is 15.5 Å². The number of carbonyl (C=O) groups is 2. The first kappa shape index (κ1) is 13.7. The van der Waals surface area contributed by atoms with Crippen molar-refractivity contribution >= 4 is 11.7 Å². The number of Topliss-reactive ketones (excluding diaryl/α,β-unsaturated/α-hetero) is 1. The lowest BCUT2D eigenvalue weighted by Crippen LogP contribution is -2.46. The number of benzene rings is 1. The molecule has 0 aliphatic carbocycles. The van der Waals surface area contributed by atoms with Crippen LogP contribution in [0, 0.1) is 0 Å². The number of hydrogen-bond donors (Lipinski definition) is 2. The molecular formula is C14H19N3O2. The van der Waals surface area contributed by atoms with Gasteiger partial charge in [-0.25, -0.2) is 0 Å². The van der Waals surface area contributed by atoms with Crippen LogP contribution in [-0.2, 0) is 4.79 Å². The second-order valence-corrected chi connectivity index (χ2v) is 4.54. The lowest BCUT2D eigenvalue weighted by molar-refractivity contribution is -0.117. The molecule has 19 heavy (non-hydrogen) atoms. The van der Waals surface area contributed by atoms with Crippen molar-refractivity contribution in [3.05, 3.63) is 35.9 Å². The summed E-state index contributed by atoms with van der Waals surface area (Å²) in [6, 6.07) is 8.62. The van der Waals surface area contributed by atoms with Crippen LogP contribution >= 0.6 is 0 Å². The topological polar surface area (TPSA) is 61.4 Å². The van der Waals surface area contributed by atoms with E-state index in [1.54, 1.807) is 24.3 Å². The van der Waals surface area contributed by atoms with Crippen molar-refractivity contribution in [3.8, 4) is 0 Å². The fraction of sp³-hybridized carbons (Fsp3) is 0.429. The van der Waals surface area contributed by atoms with E-state index in [0.717, 1.165) is 32.7 Å². The number of ketones is 1. The van der Waals surface area contributed by atoms with Crippen molar-refractivity contribution in [2.24, 2.45) is 0 Å². The first-order valence-electron chi connectivity index (χ1n) is 6.58. The normalized spacial score (nSPS) is 16.0. The molecular weight excluding hydrogens is 242 g/mol. The zero-order chi connectivity index (χ0) is 13.5. The molecule has 102 valence electrons. The smallest absolute Gasteiger partial charge is 0.292 e. The summed E-state index contributed by atoms with van der Waals surface area (Å²) in [6.45, 7) is 5.24. The predicted octanol–water partition coefficient (Wildman–Crippen LogP) is -0.109. The molecule has 0 aromatic heterocycles. The molecule has 1 aliphatic heterocycles. The van der Waals surface area contributed by atoms with Crippen molar-refractivity contribution in [2.75, 3.05) is 39.3 Å². The average Bonchev–Trinajstić information content (AvgIpc) is 2.48. The molecule has 0 radical (unpaired) electrons. The van der Waals surface area contributed by atoms with Gasteiger partial charge < -0.3 is 10.6 Å². The molecule has 0 bridgehead atoms. The molecule has 2 N–H and O–H groups in total. The lowest BCUT2D eigenvalue weighted by Gasteiger charge is -2.26. The fourth-order valence-corrected chi connectivity index (χ4v) is 2.06. The number of carbonyl (C=O) groups excluding carboxylic acids is 2. The van der Waals surface area contributed by atoms with E-state index in [1.807, 2.05) is 6.07 Å². The Labute approximate surface area is 113 Å². The highest BCUT2D eigenvalue weighted by molar-refractivity contribution is 6.42. The third kappa shape index (κ3) is 4.15.